The zero-order valence-corrected chi connectivity index (χ0v) is 13.5. The van der Waals surface area contributed by atoms with Gasteiger partial charge in [0, 0.05) is 15.1 Å². The molecule has 0 amide bonds. The van der Waals surface area contributed by atoms with E-state index in [4.69, 9.17) is 4.74 Å². The Bertz CT molecular complexity index is 465. The number of carbonyl (C=O) groups excluding carboxylic acids is 1. The SMILES string of the molecule is CNC(CSc1ccccc1Br)(C(=O)OC)C1CC1. The maximum atomic E-state index is 12.1. The van der Waals surface area contributed by atoms with Crippen molar-refractivity contribution in [2.75, 3.05) is 19.9 Å². The summed E-state index contributed by atoms with van der Waals surface area (Å²) < 4.78 is 6.06. The minimum absolute atomic E-state index is 0.156. The van der Waals surface area contributed by atoms with Gasteiger partial charge in [-0.15, -0.1) is 11.8 Å². The maximum absolute atomic E-state index is 12.1. The van der Waals surface area contributed by atoms with E-state index in [1.54, 1.807) is 11.8 Å². The summed E-state index contributed by atoms with van der Waals surface area (Å²) in [6.45, 7) is 0. The lowest BCUT2D eigenvalue weighted by Gasteiger charge is -2.30. The number of benzene rings is 1. The highest BCUT2D eigenvalue weighted by Crippen LogP contribution is 2.43. The molecule has 0 saturated heterocycles. The summed E-state index contributed by atoms with van der Waals surface area (Å²) in [6, 6.07) is 8.06. The van der Waals surface area contributed by atoms with Crippen LogP contribution in [0, 0.1) is 5.92 Å². The zero-order valence-electron chi connectivity index (χ0n) is 11.1. The van der Waals surface area contributed by atoms with Crippen LogP contribution < -0.4 is 5.32 Å². The average Bonchev–Trinajstić information content (AvgIpc) is 3.26. The number of methoxy groups -OCH3 is 1. The third kappa shape index (κ3) is 3.15. The van der Waals surface area contributed by atoms with E-state index >= 15 is 0 Å². The van der Waals surface area contributed by atoms with Crippen molar-refractivity contribution >= 4 is 33.7 Å². The van der Waals surface area contributed by atoms with E-state index in [0.29, 0.717) is 11.7 Å². The van der Waals surface area contributed by atoms with Crippen molar-refractivity contribution in [1.29, 1.82) is 0 Å². The Morgan fingerprint density at radius 3 is 2.74 bits per heavy atom. The van der Waals surface area contributed by atoms with Gasteiger partial charge in [-0.2, -0.15) is 0 Å². The molecule has 1 aliphatic carbocycles. The summed E-state index contributed by atoms with van der Waals surface area (Å²) in [6.07, 6.45) is 2.18. The van der Waals surface area contributed by atoms with E-state index in [-0.39, 0.29) is 5.97 Å². The normalized spacial score (nSPS) is 17.8. The van der Waals surface area contributed by atoms with Crippen LogP contribution >= 0.6 is 27.7 Å². The predicted octanol–water partition coefficient (Wildman–Crippen LogP) is 3.08. The van der Waals surface area contributed by atoms with Gasteiger partial charge in [-0.05, 0) is 53.9 Å². The number of halogens is 1. The number of carbonyl (C=O) groups is 1. The Morgan fingerprint density at radius 1 is 1.53 bits per heavy atom. The molecule has 1 unspecified atom stereocenters. The molecule has 1 N–H and O–H groups in total. The minimum Gasteiger partial charge on any atom is -0.468 e. The van der Waals surface area contributed by atoms with E-state index < -0.39 is 5.54 Å². The molecule has 1 fully saturated rings. The maximum Gasteiger partial charge on any atom is 0.327 e. The molecule has 19 heavy (non-hydrogen) atoms. The molecule has 1 aromatic rings. The number of ether oxygens (including phenoxy) is 1. The largest absolute Gasteiger partial charge is 0.468 e. The van der Waals surface area contributed by atoms with Gasteiger partial charge in [-0.1, -0.05) is 12.1 Å². The third-order valence-electron chi connectivity index (χ3n) is 3.56. The van der Waals surface area contributed by atoms with Gasteiger partial charge < -0.3 is 10.1 Å². The van der Waals surface area contributed by atoms with Crippen molar-refractivity contribution < 1.29 is 9.53 Å². The van der Waals surface area contributed by atoms with Crippen LogP contribution in [0.1, 0.15) is 12.8 Å². The molecule has 0 radical (unpaired) electrons. The van der Waals surface area contributed by atoms with Gasteiger partial charge in [-0.3, -0.25) is 4.79 Å². The molecule has 104 valence electrons. The highest BCUT2D eigenvalue weighted by molar-refractivity contribution is 9.10. The van der Waals surface area contributed by atoms with Crippen LogP contribution in [0.3, 0.4) is 0 Å². The lowest BCUT2D eigenvalue weighted by Crippen LogP contribution is -2.55. The Kier molecular flexibility index (Phi) is 4.92. The van der Waals surface area contributed by atoms with E-state index in [9.17, 15) is 4.79 Å². The summed E-state index contributed by atoms with van der Waals surface area (Å²) in [5.74, 6) is 0.917. The van der Waals surface area contributed by atoms with Crippen molar-refractivity contribution in [3.05, 3.63) is 28.7 Å². The number of rotatable bonds is 6. The molecule has 0 spiro atoms. The van der Waals surface area contributed by atoms with Gasteiger partial charge in [0.25, 0.3) is 0 Å². The van der Waals surface area contributed by atoms with Crippen LogP contribution in [0.25, 0.3) is 0 Å². The van der Waals surface area contributed by atoms with Crippen molar-refractivity contribution in [3.8, 4) is 0 Å². The first-order valence-corrected chi connectivity index (χ1v) is 8.06. The second kappa shape index (κ2) is 6.29. The van der Waals surface area contributed by atoms with Crippen molar-refractivity contribution in [3.63, 3.8) is 0 Å². The minimum atomic E-state index is -0.561. The Hall–Kier alpha value is -0.520. The van der Waals surface area contributed by atoms with Gasteiger partial charge in [0.2, 0.25) is 0 Å². The summed E-state index contributed by atoms with van der Waals surface area (Å²) in [4.78, 5) is 13.3. The lowest BCUT2D eigenvalue weighted by molar-refractivity contribution is -0.148. The van der Waals surface area contributed by atoms with Gasteiger partial charge in [0.1, 0.15) is 5.54 Å². The third-order valence-corrected chi connectivity index (χ3v) is 5.78. The molecule has 1 atom stereocenters. The van der Waals surface area contributed by atoms with Crippen LogP contribution in [0.4, 0.5) is 0 Å². The zero-order chi connectivity index (χ0) is 13.9. The van der Waals surface area contributed by atoms with Crippen LogP contribution in [-0.2, 0) is 9.53 Å². The monoisotopic (exact) mass is 343 g/mol. The van der Waals surface area contributed by atoms with E-state index in [2.05, 4.69) is 27.3 Å². The Balaban J connectivity index is 2.13. The topological polar surface area (TPSA) is 38.3 Å². The summed E-state index contributed by atoms with van der Waals surface area (Å²) in [7, 11) is 3.30. The Morgan fingerprint density at radius 2 is 2.21 bits per heavy atom. The number of hydrogen-bond acceptors (Lipinski definition) is 4. The fraction of sp³-hybridized carbons (Fsp3) is 0.500. The van der Waals surface area contributed by atoms with Gasteiger partial charge >= 0.3 is 5.97 Å². The molecule has 3 nitrogen and oxygen atoms in total. The fourth-order valence-corrected chi connectivity index (χ4v) is 4.12. The number of nitrogens with one attached hydrogen (secondary N) is 1. The fourth-order valence-electron chi connectivity index (χ4n) is 2.23. The van der Waals surface area contributed by atoms with E-state index in [1.165, 1.54) is 7.11 Å². The molecular weight excluding hydrogens is 326 g/mol. The summed E-state index contributed by atoms with van der Waals surface area (Å²) in [5, 5.41) is 3.21. The molecule has 1 aromatic carbocycles. The van der Waals surface area contributed by atoms with Crippen molar-refractivity contribution in [1.82, 2.24) is 5.32 Å². The number of hydrogen-bond donors (Lipinski definition) is 1. The van der Waals surface area contributed by atoms with Crippen molar-refractivity contribution in [2.45, 2.75) is 23.3 Å². The summed E-state index contributed by atoms with van der Waals surface area (Å²) in [5.41, 5.74) is -0.561. The van der Waals surface area contributed by atoms with E-state index in [1.807, 2.05) is 25.2 Å². The highest BCUT2D eigenvalue weighted by Gasteiger charge is 2.50. The van der Waals surface area contributed by atoms with Crippen LogP contribution in [0.15, 0.2) is 33.6 Å². The van der Waals surface area contributed by atoms with E-state index in [0.717, 1.165) is 22.2 Å². The van der Waals surface area contributed by atoms with Gasteiger partial charge in [0.15, 0.2) is 0 Å². The van der Waals surface area contributed by atoms with Crippen LogP contribution in [0.5, 0.6) is 0 Å². The molecule has 1 aliphatic rings. The predicted molar refractivity (Wildman–Crippen MR) is 81.4 cm³/mol. The smallest absolute Gasteiger partial charge is 0.327 e. The Labute approximate surface area is 126 Å². The number of esters is 1. The standard InChI is InChI=1S/C14H18BrNO2S/c1-16-14(10-7-8-10,13(17)18-2)9-19-12-6-4-3-5-11(12)15/h3-6,10,16H,7-9H2,1-2H3. The molecule has 0 bridgehead atoms. The van der Waals surface area contributed by atoms with Gasteiger partial charge in [0.05, 0.1) is 7.11 Å². The van der Waals surface area contributed by atoms with Crippen LogP contribution in [-0.4, -0.2) is 31.4 Å². The number of likely N-dealkylation sites (N-methyl/N-ethyl adjacent to an activating group) is 1. The first-order valence-electron chi connectivity index (χ1n) is 6.28. The molecule has 5 heteroatoms. The second-order valence-electron chi connectivity index (χ2n) is 4.71. The van der Waals surface area contributed by atoms with Gasteiger partial charge in [-0.25, -0.2) is 0 Å². The average molecular weight is 344 g/mol. The summed E-state index contributed by atoms with van der Waals surface area (Å²) >= 11 is 5.22. The second-order valence-corrected chi connectivity index (χ2v) is 6.58. The molecule has 0 aromatic heterocycles. The molecule has 0 heterocycles. The van der Waals surface area contributed by atoms with Crippen LogP contribution in [0.2, 0.25) is 0 Å². The first kappa shape index (κ1) is 14.9. The molecule has 1 saturated carbocycles. The first-order chi connectivity index (χ1) is 9.14. The molecular formula is C14H18BrNO2S. The molecule has 2 rings (SSSR count). The highest BCUT2D eigenvalue weighted by atomic mass is 79.9. The quantitative estimate of drug-likeness (QED) is 0.636. The molecule has 0 aliphatic heterocycles. The van der Waals surface area contributed by atoms with Crippen molar-refractivity contribution in [2.24, 2.45) is 5.92 Å². The number of thioether (sulfide) groups is 1. The lowest BCUT2D eigenvalue weighted by atomic mass is 9.96.